The number of piperazine rings is 1. The van der Waals surface area contributed by atoms with E-state index in [0.717, 1.165) is 91.1 Å². The quantitative estimate of drug-likeness (QED) is 0.149. The van der Waals surface area contributed by atoms with Crippen LogP contribution in [0.15, 0.2) is 103 Å². The summed E-state index contributed by atoms with van der Waals surface area (Å²) >= 11 is 0. The minimum Gasteiger partial charge on any atom is -0.369 e. The maximum absolute atomic E-state index is 13.9. The van der Waals surface area contributed by atoms with Gasteiger partial charge in [0.05, 0.1) is 0 Å². The number of nitrogens with zero attached hydrogens (tertiary/aromatic N) is 3. The molecule has 0 aromatic heterocycles. The summed E-state index contributed by atoms with van der Waals surface area (Å²) in [5, 5.41) is 2.24. The van der Waals surface area contributed by atoms with Crippen LogP contribution in [0, 0.1) is 0 Å². The molecular formula is C44H49F3N4O2. The maximum Gasteiger partial charge on any atom is 0.405 e. The van der Waals surface area contributed by atoms with Gasteiger partial charge in [-0.15, -0.1) is 0 Å². The first kappa shape index (κ1) is 36.7. The number of alkyl halides is 3. The number of fused-ring (bicyclic) bond motifs is 3. The number of amides is 2. The number of hydrogen-bond donors (Lipinski definition) is 1. The molecule has 4 aromatic rings. The predicted molar refractivity (Wildman–Crippen MR) is 204 cm³/mol. The van der Waals surface area contributed by atoms with Crippen LogP contribution in [0.25, 0.3) is 11.1 Å². The number of rotatable bonds is 12. The van der Waals surface area contributed by atoms with Crippen LogP contribution in [-0.4, -0.2) is 73.1 Å². The molecule has 9 heteroatoms. The minimum atomic E-state index is -4.49. The van der Waals surface area contributed by atoms with Crippen molar-refractivity contribution in [3.63, 3.8) is 0 Å². The highest BCUT2D eigenvalue weighted by Gasteiger charge is 2.49. The van der Waals surface area contributed by atoms with Gasteiger partial charge < -0.3 is 15.1 Å². The molecule has 2 aliphatic carbocycles. The Morgan fingerprint density at radius 3 is 1.96 bits per heavy atom. The van der Waals surface area contributed by atoms with Crippen molar-refractivity contribution in [2.24, 2.45) is 0 Å². The Balaban J connectivity index is 0.949. The number of hydrogen-bond acceptors (Lipinski definition) is 4. The Hall–Kier alpha value is -4.63. The molecule has 0 spiro atoms. The van der Waals surface area contributed by atoms with Gasteiger partial charge in [-0.1, -0.05) is 105 Å². The lowest BCUT2D eigenvalue weighted by atomic mass is 9.73. The fourth-order valence-electron chi connectivity index (χ4n) is 8.76. The third-order valence-electron chi connectivity index (χ3n) is 11.5. The van der Waals surface area contributed by atoms with Crippen LogP contribution in [0.4, 0.5) is 18.9 Å². The molecule has 53 heavy (non-hydrogen) atoms. The van der Waals surface area contributed by atoms with Gasteiger partial charge in [0.25, 0.3) is 5.91 Å². The highest BCUT2D eigenvalue weighted by molar-refractivity contribution is 6.00. The SMILES string of the molecule is O=C(c1ccc(N2CCN(CCCCC3(C(=O)NCC(F)(F)F)c4ccccc4-c4ccccc43)CC2)cc1)N(Cc1ccccc1)C1CCCCC1. The number of nitrogens with one attached hydrogen (secondary N) is 1. The predicted octanol–water partition coefficient (Wildman–Crippen LogP) is 8.60. The zero-order valence-corrected chi connectivity index (χ0v) is 30.3. The monoisotopic (exact) mass is 722 g/mol. The first-order valence-corrected chi connectivity index (χ1v) is 19.2. The van der Waals surface area contributed by atoms with Crippen molar-refractivity contribution in [2.45, 2.75) is 75.5 Å². The van der Waals surface area contributed by atoms with Gasteiger partial charge in [0.2, 0.25) is 5.91 Å². The van der Waals surface area contributed by atoms with Crippen LogP contribution >= 0.6 is 0 Å². The van der Waals surface area contributed by atoms with Crippen molar-refractivity contribution < 1.29 is 22.8 Å². The van der Waals surface area contributed by atoms with Crippen molar-refractivity contribution in [3.8, 4) is 11.1 Å². The largest absolute Gasteiger partial charge is 0.405 e. The van der Waals surface area contributed by atoms with Crippen LogP contribution in [0.1, 0.15) is 78.4 Å². The molecule has 6 nitrogen and oxygen atoms in total. The molecule has 4 aromatic carbocycles. The van der Waals surface area contributed by atoms with Crippen LogP contribution in [0.3, 0.4) is 0 Å². The minimum absolute atomic E-state index is 0.0984. The van der Waals surface area contributed by atoms with Gasteiger partial charge in [0.1, 0.15) is 12.0 Å². The van der Waals surface area contributed by atoms with Crippen molar-refractivity contribution >= 4 is 17.5 Å². The van der Waals surface area contributed by atoms with E-state index in [0.29, 0.717) is 19.4 Å². The van der Waals surface area contributed by atoms with Gasteiger partial charge in [-0.25, -0.2) is 0 Å². The van der Waals surface area contributed by atoms with Crippen LogP contribution < -0.4 is 10.2 Å². The summed E-state index contributed by atoms with van der Waals surface area (Å²) < 4.78 is 39.7. The summed E-state index contributed by atoms with van der Waals surface area (Å²) in [5.74, 6) is -0.493. The smallest absolute Gasteiger partial charge is 0.369 e. The van der Waals surface area contributed by atoms with Crippen LogP contribution in [-0.2, 0) is 16.8 Å². The summed E-state index contributed by atoms with van der Waals surface area (Å²) in [7, 11) is 0. The van der Waals surface area contributed by atoms with E-state index in [1.54, 1.807) is 0 Å². The Bertz CT molecular complexity index is 1800. The normalized spacial score (nSPS) is 17.2. The summed E-state index contributed by atoms with van der Waals surface area (Å²) in [6.07, 6.45) is 3.15. The van der Waals surface area contributed by atoms with Crippen molar-refractivity contribution in [1.82, 2.24) is 15.1 Å². The molecule has 1 aliphatic heterocycles. The van der Waals surface area contributed by atoms with Crippen molar-refractivity contribution in [1.29, 1.82) is 0 Å². The molecule has 278 valence electrons. The first-order chi connectivity index (χ1) is 25.7. The van der Waals surface area contributed by atoms with E-state index in [1.165, 1.54) is 19.3 Å². The van der Waals surface area contributed by atoms with Crippen molar-refractivity contribution in [2.75, 3.05) is 44.2 Å². The second-order valence-corrected chi connectivity index (χ2v) is 14.8. The number of halogens is 3. The highest BCUT2D eigenvalue weighted by Crippen LogP contribution is 2.51. The molecule has 7 rings (SSSR count). The fourth-order valence-corrected chi connectivity index (χ4v) is 8.76. The maximum atomic E-state index is 13.9. The molecule has 2 amide bonds. The van der Waals surface area contributed by atoms with Crippen LogP contribution in [0.2, 0.25) is 0 Å². The van der Waals surface area contributed by atoms with Gasteiger partial charge >= 0.3 is 6.18 Å². The number of anilines is 1. The van der Waals surface area contributed by atoms with E-state index in [2.05, 4.69) is 44.3 Å². The lowest BCUT2D eigenvalue weighted by Gasteiger charge is -2.37. The standard InChI is InChI=1S/C44H49F3N4O2/c45-44(46,47)32-48-42(53)43(39-19-9-7-17-37(39)38-18-8-10-20-40(38)43)25-11-12-26-49-27-29-50(30-28-49)35-23-21-34(22-24-35)41(52)51(36-15-5-2-6-16-36)31-33-13-3-1-4-14-33/h1,3-4,7-10,13-14,17-24,36H,2,5-6,11-12,15-16,25-32H2,(H,48,53). The third-order valence-corrected chi connectivity index (χ3v) is 11.5. The second kappa shape index (κ2) is 16.2. The fraction of sp³-hybridized carbons (Fsp3) is 0.409. The van der Waals surface area contributed by atoms with E-state index in [9.17, 15) is 22.8 Å². The number of carbonyl (C=O) groups is 2. The Kier molecular flexibility index (Phi) is 11.2. The molecule has 0 radical (unpaired) electrons. The summed E-state index contributed by atoms with van der Waals surface area (Å²) in [6, 6.07) is 33.9. The van der Waals surface area contributed by atoms with Gasteiger partial charge in [-0.3, -0.25) is 14.5 Å². The summed E-state index contributed by atoms with van der Waals surface area (Å²) in [4.78, 5) is 34.5. The first-order valence-electron chi connectivity index (χ1n) is 19.2. The lowest BCUT2D eigenvalue weighted by Crippen LogP contribution is -2.47. The van der Waals surface area contributed by atoms with Crippen molar-refractivity contribution in [3.05, 3.63) is 125 Å². The molecule has 0 bridgehead atoms. The third kappa shape index (κ3) is 8.15. The zero-order valence-electron chi connectivity index (χ0n) is 30.3. The molecule has 2 fully saturated rings. The van der Waals surface area contributed by atoms with Gasteiger partial charge in [0.15, 0.2) is 0 Å². The van der Waals surface area contributed by atoms with Gasteiger partial charge in [-0.05, 0) is 84.3 Å². The molecule has 3 aliphatic rings. The molecule has 0 atom stereocenters. The van der Waals surface area contributed by atoms with E-state index >= 15 is 0 Å². The van der Waals surface area contributed by atoms with Gasteiger partial charge in [-0.2, -0.15) is 13.2 Å². The van der Waals surface area contributed by atoms with Crippen LogP contribution in [0.5, 0.6) is 0 Å². The van der Waals surface area contributed by atoms with E-state index < -0.39 is 24.0 Å². The zero-order chi connectivity index (χ0) is 36.8. The lowest BCUT2D eigenvalue weighted by molar-refractivity contribution is -0.141. The molecule has 1 N–H and O–H groups in total. The number of carbonyl (C=O) groups excluding carboxylic acids is 2. The van der Waals surface area contributed by atoms with E-state index in [4.69, 9.17) is 0 Å². The average molecular weight is 723 g/mol. The Morgan fingerprint density at radius 2 is 1.34 bits per heavy atom. The van der Waals surface area contributed by atoms with E-state index in [-0.39, 0.29) is 11.9 Å². The molecule has 1 saturated carbocycles. The summed E-state index contributed by atoms with van der Waals surface area (Å²) in [6.45, 7) is 3.62. The average Bonchev–Trinajstić information content (AvgIpc) is 3.48. The highest BCUT2D eigenvalue weighted by atomic mass is 19.4. The molecule has 0 unspecified atom stereocenters. The second-order valence-electron chi connectivity index (χ2n) is 14.8. The Labute approximate surface area is 311 Å². The Morgan fingerprint density at radius 1 is 0.736 bits per heavy atom. The molecule has 1 saturated heterocycles. The summed E-state index contributed by atoms with van der Waals surface area (Å²) in [5.41, 5.74) is 5.20. The molecule has 1 heterocycles. The topological polar surface area (TPSA) is 55.9 Å². The van der Waals surface area contributed by atoms with Gasteiger partial charge in [0, 0.05) is 50.0 Å². The molecular weight excluding hydrogens is 674 g/mol. The number of benzene rings is 4. The number of unbranched alkanes of at least 4 members (excludes halogenated alkanes) is 1. The van der Waals surface area contributed by atoms with E-state index in [1.807, 2.05) is 78.9 Å².